The number of rotatable bonds is 2. The van der Waals surface area contributed by atoms with E-state index < -0.39 is 0 Å². The average Bonchev–Trinajstić information content (AvgIpc) is 2.64. The maximum absolute atomic E-state index is 12.1. The number of hydrogen-bond donors (Lipinski definition) is 2. The van der Waals surface area contributed by atoms with Crippen molar-refractivity contribution in [3.63, 3.8) is 0 Å². The van der Waals surface area contributed by atoms with Crippen molar-refractivity contribution >= 4 is 11.6 Å². The van der Waals surface area contributed by atoms with Gasteiger partial charge in [0, 0.05) is 11.2 Å². The summed E-state index contributed by atoms with van der Waals surface area (Å²) in [6.45, 7) is 4.08. The first-order valence-electron chi connectivity index (χ1n) is 6.19. The summed E-state index contributed by atoms with van der Waals surface area (Å²) in [5.41, 5.74) is 8.05. The van der Waals surface area contributed by atoms with Gasteiger partial charge in [0.15, 0.2) is 0 Å². The molecule has 2 rings (SSSR count). The molecule has 0 unspecified atom stereocenters. The third-order valence-electron chi connectivity index (χ3n) is 3.57. The number of benzene rings is 1. The predicted molar refractivity (Wildman–Crippen MR) is 69.9 cm³/mol. The Bertz CT molecular complexity index is 434. The van der Waals surface area contributed by atoms with Crippen molar-refractivity contribution in [1.29, 1.82) is 0 Å². The first kappa shape index (κ1) is 12.0. The molecular formula is C14H20N2O. The monoisotopic (exact) mass is 232 g/mol. The van der Waals surface area contributed by atoms with Crippen LogP contribution in [0.3, 0.4) is 0 Å². The zero-order valence-electron chi connectivity index (χ0n) is 10.5. The van der Waals surface area contributed by atoms with Crippen LogP contribution in [-0.2, 0) is 0 Å². The van der Waals surface area contributed by atoms with Gasteiger partial charge in [-0.05, 0) is 44.4 Å². The SMILES string of the molecule is Cc1ccc(C(=O)NC2(C)CCCC2)c(N)c1. The Morgan fingerprint density at radius 1 is 1.35 bits per heavy atom. The van der Waals surface area contributed by atoms with Crippen LogP contribution in [-0.4, -0.2) is 11.4 Å². The number of nitrogens with two attached hydrogens (primary N) is 1. The molecule has 1 amide bonds. The molecule has 3 nitrogen and oxygen atoms in total. The van der Waals surface area contributed by atoms with Crippen LogP contribution in [0.5, 0.6) is 0 Å². The molecule has 92 valence electrons. The summed E-state index contributed by atoms with van der Waals surface area (Å²) in [5.74, 6) is -0.0492. The van der Waals surface area contributed by atoms with E-state index in [2.05, 4.69) is 12.2 Å². The molecular weight excluding hydrogens is 212 g/mol. The minimum atomic E-state index is -0.0492. The lowest BCUT2D eigenvalue weighted by Gasteiger charge is -2.25. The summed E-state index contributed by atoms with van der Waals surface area (Å²) < 4.78 is 0. The fraction of sp³-hybridized carbons (Fsp3) is 0.500. The number of anilines is 1. The maximum atomic E-state index is 12.1. The molecule has 0 radical (unpaired) electrons. The summed E-state index contributed by atoms with van der Waals surface area (Å²) in [7, 11) is 0. The van der Waals surface area contributed by atoms with E-state index in [1.54, 1.807) is 6.07 Å². The van der Waals surface area contributed by atoms with Gasteiger partial charge in [-0.2, -0.15) is 0 Å². The molecule has 1 aliphatic rings. The number of carbonyl (C=O) groups is 1. The smallest absolute Gasteiger partial charge is 0.253 e. The molecule has 17 heavy (non-hydrogen) atoms. The maximum Gasteiger partial charge on any atom is 0.253 e. The molecule has 0 bridgehead atoms. The highest BCUT2D eigenvalue weighted by molar-refractivity contribution is 5.99. The molecule has 0 spiro atoms. The fourth-order valence-corrected chi connectivity index (χ4v) is 2.51. The van der Waals surface area contributed by atoms with E-state index in [1.807, 2.05) is 19.1 Å². The lowest BCUT2D eigenvalue weighted by Crippen LogP contribution is -2.43. The van der Waals surface area contributed by atoms with Gasteiger partial charge in [-0.15, -0.1) is 0 Å². The van der Waals surface area contributed by atoms with Crippen molar-refractivity contribution in [2.45, 2.75) is 45.1 Å². The van der Waals surface area contributed by atoms with Gasteiger partial charge in [-0.25, -0.2) is 0 Å². The summed E-state index contributed by atoms with van der Waals surface area (Å²) in [5, 5.41) is 3.11. The molecule has 0 heterocycles. The topological polar surface area (TPSA) is 55.1 Å². The van der Waals surface area contributed by atoms with Crippen LogP contribution in [0.2, 0.25) is 0 Å². The second-order valence-corrected chi connectivity index (χ2v) is 5.31. The number of nitrogens with one attached hydrogen (secondary N) is 1. The highest BCUT2D eigenvalue weighted by atomic mass is 16.1. The number of hydrogen-bond acceptors (Lipinski definition) is 2. The van der Waals surface area contributed by atoms with Gasteiger partial charge in [-0.3, -0.25) is 4.79 Å². The summed E-state index contributed by atoms with van der Waals surface area (Å²) in [6, 6.07) is 5.56. The van der Waals surface area contributed by atoms with Crippen molar-refractivity contribution in [1.82, 2.24) is 5.32 Å². The molecule has 3 heteroatoms. The highest BCUT2D eigenvalue weighted by Gasteiger charge is 2.30. The predicted octanol–water partition coefficient (Wildman–Crippen LogP) is 2.64. The van der Waals surface area contributed by atoms with Gasteiger partial charge in [0.25, 0.3) is 5.91 Å². The first-order valence-corrected chi connectivity index (χ1v) is 6.19. The molecule has 0 aromatic heterocycles. The van der Waals surface area contributed by atoms with Crippen molar-refractivity contribution < 1.29 is 4.79 Å². The Morgan fingerprint density at radius 2 is 2.00 bits per heavy atom. The van der Waals surface area contributed by atoms with E-state index in [4.69, 9.17) is 5.73 Å². The normalized spacial score (nSPS) is 18.0. The van der Waals surface area contributed by atoms with E-state index >= 15 is 0 Å². The van der Waals surface area contributed by atoms with Crippen molar-refractivity contribution in [3.8, 4) is 0 Å². The minimum Gasteiger partial charge on any atom is -0.398 e. The fourth-order valence-electron chi connectivity index (χ4n) is 2.51. The number of nitrogen functional groups attached to an aromatic ring is 1. The third-order valence-corrected chi connectivity index (χ3v) is 3.57. The minimum absolute atomic E-state index is 0.0472. The van der Waals surface area contributed by atoms with Gasteiger partial charge in [0.1, 0.15) is 0 Å². The lowest BCUT2D eigenvalue weighted by atomic mass is 9.99. The summed E-state index contributed by atoms with van der Waals surface area (Å²) >= 11 is 0. The Kier molecular flexibility index (Phi) is 3.09. The van der Waals surface area contributed by atoms with Crippen LogP contribution in [0.4, 0.5) is 5.69 Å². The summed E-state index contributed by atoms with van der Waals surface area (Å²) in [4.78, 5) is 12.1. The van der Waals surface area contributed by atoms with Crippen molar-refractivity contribution in [2.24, 2.45) is 0 Å². The number of aryl methyl sites for hydroxylation is 1. The van der Waals surface area contributed by atoms with Crippen LogP contribution in [0.1, 0.15) is 48.5 Å². The van der Waals surface area contributed by atoms with Crippen molar-refractivity contribution in [2.75, 3.05) is 5.73 Å². The Hall–Kier alpha value is -1.51. The summed E-state index contributed by atoms with van der Waals surface area (Å²) in [6.07, 6.45) is 4.51. The second-order valence-electron chi connectivity index (χ2n) is 5.31. The van der Waals surface area contributed by atoms with E-state index in [9.17, 15) is 4.79 Å². The molecule has 0 saturated heterocycles. The van der Waals surface area contributed by atoms with E-state index in [0.29, 0.717) is 11.3 Å². The lowest BCUT2D eigenvalue weighted by molar-refractivity contribution is 0.0909. The van der Waals surface area contributed by atoms with Crippen LogP contribution in [0.25, 0.3) is 0 Å². The van der Waals surface area contributed by atoms with Crippen LogP contribution in [0.15, 0.2) is 18.2 Å². The zero-order chi connectivity index (χ0) is 12.5. The standard InChI is InChI=1S/C14H20N2O/c1-10-5-6-11(12(15)9-10)13(17)16-14(2)7-3-4-8-14/h5-6,9H,3-4,7-8,15H2,1-2H3,(H,16,17). The van der Waals surface area contributed by atoms with Gasteiger partial charge in [0.05, 0.1) is 5.56 Å². The van der Waals surface area contributed by atoms with E-state index in [-0.39, 0.29) is 11.4 Å². The molecule has 1 fully saturated rings. The number of amides is 1. The van der Waals surface area contributed by atoms with Gasteiger partial charge < -0.3 is 11.1 Å². The van der Waals surface area contributed by atoms with Gasteiger partial charge >= 0.3 is 0 Å². The second kappa shape index (κ2) is 4.40. The molecule has 1 aliphatic carbocycles. The van der Waals surface area contributed by atoms with E-state index in [0.717, 1.165) is 18.4 Å². The van der Waals surface area contributed by atoms with E-state index in [1.165, 1.54) is 12.8 Å². The quantitative estimate of drug-likeness (QED) is 0.770. The molecule has 1 aromatic carbocycles. The zero-order valence-corrected chi connectivity index (χ0v) is 10.5. The molecule has 1 saturated carbocycles. The van der Waals surface area contributed by atoms with Crippen LogP contribution < -0.4 is 11.1 Å². The van der Waals surface area contributed by atoms with Gasteiger partial charge in [-0.1, -0.05) is 18.9 Å². The third kappa shape index (κ3) is 2.60. The molecule has 1 aromatic rings. The average molecular weight is 232 g/mol. The first-order chi connectivity index (χ1) is 8.00. The molecule has 0 aliphatic heterocycles. The largest absolute Gasteiger partial charge is 0.398 e. The van der Waals surface area contributed by atoms with Crippen LogP contribution >= 0.6 is 0 Å². The molecule has 0 atom stereocenters. The number of carbonyl (C=O) groups excluding carboxylic acids is 1. The van der Waals surface area contributed by atoms with Crippen LogP contribution in [0, 0.1) is 6.92 Å². The Balaban J connectivity index is 2.14. The van der Waals surface area contributed by atoms with Gasteiger partial charge in [0.2, 0.25) is 0 Å². The highest BCUT2D eigenvalue weighted by Crippen LogP contribution is 2.29. The molecule has 3 N–H and O–H groups in total. The Morgan fingerprint density at radius 3 is 2.59 bits per heavy atom. The van der Waals surface area contributed by atoms with Crippen molar-refractivity contribution in [3.05, 3.63) is 29.3 Å². The Labute approximate surface area is 102 Å².